The van der Waals surface area contributed by atoms with Crippen molar-refractivity contribution in [1.82, 2.24) is 5.32 Å². The van der Waals surface area contributed by atoms with Gasteiger partial charge in [-0.25, -0.2) is 0 Å². The third-order valence-corrected chi connectivity index (χ3v) is 2.64. The van der Waals surface area contributed by atoms with Gasteiger partial charge in [-0.2, -0.15) is 0 Å². The van der Waals surface area contributed by atoms with Gasteiger partial charge in [0.2, 0.25) is 0 Å². The van der Waals surface area contributed by atoms with E-state index in [9.17, 15) is 0 Å². The maximum absolute atomic E-state index is 5.54. The predicted octanol–water partition coefficient (Wildman–Crippen LogP) is 1.20. The largest absolute Gasteiger partial charge is 0.380 e. The molecule has 0 bridgehead atoms. The first-order chi connectivity index (χ1) is 7.83. The number of nitrogens with one attached hydrogen (secondary N) is 1. The smallest absolute Gasteiger partial charge is 0.0809 e. The summed E-state index contributed by atoms with van der Waals surface area (Å²) in [6.07, 6.45) is 2.66. The summed E-state index contributed by atoms with van der Waals surface area (Å²) in [5, 5.41) is 3.35. The van der Waals surface area contributed by atoms with Crippen LogP contribution in [-0.2, 0) is 14.2 Å². The maximum Gasteiger partial charge on any atom is 0.0809 e. The minimum absolute atomic E-state index is 0.334. The Balaban J connectivity index is 1.83. The highest BCUT2D eigenvalue weighted by Gasteiger charge is 2.14. The van der Waals surface area contributed by atoms with Gasteiger partial charge in [0.05, 0.1) is 25.9 Å². The molecule has 1 rings (SSSR count). The molecule has 0 aromatic carbocycles. The van der Waals surface area contributed by atoms with E-state index in [1.807, 2.05) is 6.92 Å². The normalized spacial score (nSPS) is 22.5. The molecule has 2 unspecified atom stereocenters. The summed E-state index contributed by atoms with van der Waals surface area (Å²) in [5.41, 5.74) is 0. The first-order valence-electron chi connectivity index (χ1n) is 6.33. The molecule has 1 aliphatic heterocycles. The molecule has 0 aliphatic carbocycles. The minimum Gasteiger partial charge on any atom is -0.380 e. The second kappa shape index (κ2) is 8.93. The van der Waals surface area contributed by atoms with E-state index in [-0.39, 0.29) is 0 Å². The molecule has 1 fully saturated rings. The summed E-state index contributed by atoms with van der Waals surface area (Å²) >= 11 is 0. The molecule has 1 heterocycles. The molecule has 96 valence electrons. The highest BCUT2D eigenvalue weighted by Crippen LogP contribution is 2.11. The van der Waals surface area contributed by atoms with E-state index < -0.39 is 0 Å². The number of rotatable bonds is 9. The van der Waals surface area contributed by atoms with E-state index in [0.717, 1.165) is 46.0 Å². The fourth-order valence-electron chi connectivity index (χ4n) is 1.72. The average molecular weight is 231 g/mol. The molecule has 0 amide bonds. The SMILES string of the molecule is CCOCC(C)NCCOCC1CCCO1. The van der Waals surface area contributed by atoms with Gasteiger partial charge in [0.25, 0.3) is 0 Å². The summed E-state index contributed by atoms with van der Waals surface area (Å²) in [4.78, 5) is 0. The second-order valence-corrected chi connectivity index (χ2v) is 4.22. The van der Waals surface area contributed by atoms with Crippen molar-refractivity contribution in [3.63, 3.8) is 0 Å². The molecule has 0 radical (unpaired) electrons. The van der Waals surface area contributed by atoms with Crippen LogP contribution in [0.1, 0.15) is 26.7 Å². The van der Waals surface area contributed by atoms with Crippen LogP contribution in [0.25, 0.3) is 0 Å². The van der Waals surface area contributed by atoms with Crippen molar-refractivity contribution in [3.8, 4) is 0 Å². The Kier molecular flexibility index (Phi) is 7.76. The van der Waals surface area contributed by atoms with Crippen LogP contribution in [0.3, 0.4) is 0 Å². The molecular formula is C12H25NO3. The molecule has 1 aliphatic rings. The van der Waals surface area contributed by atoms with Gasteiger partial charge in [-0.15, -0.1) is 0 Å². The fraction of sp³-hybridized carbons (Fsp3) is 1.00. The lowest BCUT2D eigenvalue weighted by atomic mass is 10.2. The maximum atomic E-state index is 5.54. The predicted molar refractivity (Wildman–Crippen MR) is 63.8 cm³/mol. The van der Waals surface area contributed by atoms with Crippen molar-refractivity contribution in [1.29, 1.82) is 0 Å². The molecule has 1 N–H and O–H groups in total. The summed E-state index contributed by atoms with van der Waals surface area (Å²) in [6, 6.07) is 0.395. The highest BCUT2D eigenvalue weighted by atomic mass is 16.5. The van der Waals surface area contributed by atoms with Gasteiger partial charge in [-0.05, 0) is 26.7 Å². The monoisotopic (exact) mass is 231 g/mol. The van der Waals surface area contributed by atoms with Crippen LogP contribution >= 0.6 is 0 Å². The van der Waals surface area contributed by atoms with Crippen molar-refractivity contribution in [2.75, 3.05) is 39.6 Å². The summed E-state index contributed by atoms with van der Waals surface area (Å²) in [6.45, 7) is 8.94. The number of hydrogen-bond acceptors (Lipinski definition) is 4. The Morgan fingerprint density at radius 1 is 1.44 bits per heavy atom. The van der Waals surface area contributed by atoms with Gasteiger partial charge in [0.15, 0.2) is 0 Å². The third-order valence-electron chi connectivity index (χ3n) is 2.64. The molecule has 2 atom stereocenters. The molecule has 4 nitrogen and oxygen atoms in total. The number of ether oxygens (including phenoxy) is 3. The highest BCUT2D eigenvalue weighted by molar-refractivity contribution is 4.64. The van der Waals surface area contributed by atoms with Crippen LogP contribution in [0.15, 0.2) is 0 Å². The quantitative estimate of drug-likeness (QED) is 0.605. The van der Waals surface area contributed by atoms with Crippen LogP contribution < -0.4 is 5.32 Å². The van der Waals surface area contributed by atoms with Gasteiger partial charge in [0.1, 0.15) is 0 Å². The Morgan fingerprint density at radius 3 is 3.00 bits per heavy atom. The Labute approximate surface area is 98.6 Å². The van der Waals surface area contributed by atoms with Crippen LogP contribution in [0.2, 0.25) is 0 Å². The number of hydrogen-bond donors (Lipinski definition) is 1. The molecule has 0 aromatic heterocycles. The first kappa shape index (κ1) is 13.9. The molecule has 0 saturated carbocycles. The average Bonchev–Trinajstić information content (AvgIpc) is 2.79. The lowest BCUT2D eigenvalue weighted by Crippen LogP contribution is -2.33. The minimum atomic E-state index is 0.334. The fourth-order valence-corrected chi connectivity index (χ4v) is 1.72. The summed E-state index contributed by atoms with van der Waals surface area (Å²) in [5.74, 6) is 0. The van der Waals surface area contributed by atoms with E-state index in [1.54, 1.807) is 0 Å². The molecule has 0 spiro atoms. The van der Waals surface area contributed by atoms with E-state index >= 15 is 0 Å². The topological polar surface area (TPSA) is 39.7 Å². The van der Waals surface area contributed by atoms with E-state index in [4.69, 9.17) is 14.2 Å². The van der Waals surface area contributed by atoms with Crippen molar-refractivity contribution >= 4 is 0 Å². The molecular weight excluding hydrogens is 206 g/mol. The third kappa shape index (κ3) is 6.43. The van der Waals surface area contributed by atoms with Crippen molar-refractivity contribution in [2.24, 2.45) is 0 Å². The van der Waals surface area contributed by atoms with Gasteiger partial charge in [-0.1, -0.05) is 0 Å². The lowest BCUT2D eigenvalue weighted by Gasteiger charge is -2.14. The van der Waals surface area contributed by atoms with Gasteiger partial charge in [0, 0.05) is 25.8 Å². The van der Waals surface area contributed by atoms with E-state index in [0.29, 0.717) is 12.1 Å². The van der Waals surface area contributed by atoms with Crippen LogP contribution in [0, 0.1) is 0 Å². The van der Waals surface area contributed by atoms with E-state index in [1.165, 1.54) is 6.42 Å². The van der Waals surface area contributed by atoms with Gasteiger partial charge >= 0.3 is 0 Å². The van der Waals surface area contributed by atoms with Crippen molar-refractivity contribution in [2.45, 2.75) is 38.8 Å². The first-order valence-corrected chi connectivity index (χ1v) is 6.33. The van der Waals surface area contributed by atoms with Crippen LogP contribution in [0.4, 0.5) is 0 Å². The summed E-state index contributed by atoms with van der Waals surface area (Å²) in [7, 11) is 0. The van der Waals surface area contributed by atoms with Crippen LogP contribution in [0.5, 0.6) is 0 Å². The molecule has 1 saturated heterocycles. The lowest BCUT2D eigenvalue weighted by molar-refractivity contribution is 0.0171. The van der Waals surface area contributed by atoms with Crippen molar-refractivity contribution < 1.29 is 14.2 Å². The zero-order valence-corrected chi connectivity index (χ0v) is 10.5. The van der Waals surface area contributed by atoms with Gasteiger partial charge in [-0.3, -0.25) is 0 Å². The molecule has 0 aromatic rings. The summed E-state index contributed by atoms with van der Waals surface area (Å²) < 4.78 is 16.3. The Bertz CT molecular complexity index is 160. The molecule has 16 heavy (non-hydrogen) atoms. The molecule has 4 heteroatoms. The van der Waals surface area contributed by atoms with Gasteiger partial charge < -0.3 is 19.5 Å². The second-order valence-electron chi connectivity index (χ2n) is 4.22. The van der Waals surface area contributed by atoms with Crippen molar-refractivity contribution in [3.05, 3.63) is 0 Å². The Hall–Kier alpha value is -0.160. The zero-order chi connectivity index (χ0) is 11.6. The van der Waals surface area contributed by atoms with E-state index in [2.05, 4.69) is 12.2 Å². The zero-order valence-electron chi connectivity index (χ0n) is 10.5. The Morgan fingerprint density at radius 2 is 2.31 bits per heavy atom. The standard InChI is InChI=1S/C12H25NO3/c1-3-14-9-11(2)13-6-8-15-10-12-5-4-7-16-12/h11-13H,3-10H2,1-2H3. The van der Waals surface area contributed by atoms with Crippen LogP contribution in [-0.4, -0.2) is 51.7 Å².